The number of nitrogens with zero attached hydrogens (tertiary/aromatic N) is 1. The highest BCUT2D eigenvalue weighted by atomic mass is 32.2. The van der Waals surface area contributed by atoms with Crippen molar-refractivity contribution in [3.05, 3.63) is 36.4 Å². The molecular formula is C15H22N2O3S. The third-order valence-electron chi connectivity index (χ3n) is 3.28. The van der Waals surface area contributed by atoms with Crippen LogP contribution in [0, 0.1) is 0 Å². The normalized spacial score (nSPS) is 16.0. The Morgan fingerprint density at radius 2 is 2.00 bits per heavy atom. The first-order valence-electron chi connectivity index (χ1n) is 7.23. The Bertz CT molecular complexity index is 567. The first-order valence-corrected chi connectivity index (χ1v) is 8.67. The topological polar surface area (TPSA) is 58.6 Å². The van der Waals surface area contributed by atoms with Crippen LogP contribution in [0.25, 0.3) is 0 Å². The lowest BCUT2D eigenvalue weighted by Crippen LogP contribution is -2.33. The van der Waals surface area contributed by atoms with Gasteiger partial charge in [-0.3, -0.25) is 0 Å². The zero-order valence-electron chi connectivity index (χ0n) is 12.3. The Morgan fingerprint density at radius 3 is 2.62 bits per heavy atom. The lowest BCUT2D eigenvalue weighted by molar-refractivity contribution is 0.315. The van der Waals surface area contributed by atoms with E-state index in [2.05, 4.69) is 5.32 Å². The van der Waals surface area contributed by atoms with Crippen LogP contribution < -0.4 is 10.1 Å². The molecule has 0 aliphatic carbocycles. The van der Waals surface area contributed by atoms with E-state index < -0.39 is 10.0 Å². The molecule has 1 aliphatic heterocycles. The van der Waals surface area contributed by atoms with Gasteiger partial charge in [0, 0.05) is 19.6 Å². The van der Waals surface area contributed by atoms with Gasteiger partial charge in [-0.1, -0.05) is 19.1 Å². The highest BCUT2D eigenvalue weighted by Gasteiger charge is 2.24. The van der Waals surface area contributed by atoms with Gasteiger partial charge < -0.3 is 10.1 Å². The largest absolute Gasteiger partial charge is 0.492 e. The molecule has 116 valence electrons. The molecule has 0 unspecified atom stereocenters. The molecule has 1 aromatic rings. The monoisotopic (exact) mass is 310 g/mol. The summed E-state index contributed by atoms with van der Waals surface area (Å²) in [5.41, 5.74) is 0. The van der Waals surface area contributed by atoms with Gasteiger partial charge in [0.15, 0.2) is 0 Å². The molecule has 1 aromatic carbocycles. The number of likely N-dealkylation sites (N-methyl/N-ethyl adjacent to an activating group) is 1. The molecule has 0 amide bonds. The van der Waals surface area contributed by atoms with Gasteiger partial charge in [-0.05, 0) is 37.2 Å². The van der Waals surface area contributed by atoms with E-state index in [9.17, 15) is 8.42 Å². The quantitative estimate of drug-likeness (QED) is 0.614. The number of hydrogen-bond donors (Lipinski definition) is 1. The smallest absolute Gasteiger partial charge is 0.243 e. The van der Waals surface area contributed by atoms with Crippen molar-refractivity contribution in [3.63, 3.8) is 0 Å². The highest BCUT2D eigenvalue weighted by Crippen LogP contribution is 2.21. The van der Waals surface area contributed by atoms with E-state index in [0.29, 0.717) is 30.3 Å². The molecule has 0 atom stereocenters. The minimum Gasteiger partial charge on any atom is -0.492 e. The standard InChI is InChI=1S/C15H22N2O3S/c1-2-16-10-13-20-14-6-8-15(9-7-14)21(18,19)17-11-4-3-5-12-17/h3-4,6-9,16H,2,5,10-13H2,1H3. The van der Waals surface area contributed by atoms with Crippen molar-refractivity contribution in [1.82, 2.24) is 9.62 Å². The number of benzene rings is 1. The second-order valence-corrected chi connectivity index (χ2v) is 6.73. The van der Waals surface area contributed by atoms with Crippen molar-refractivity contribution in [2.24, 2.45) is 0 Å². The van der Waals surface area contributed by atoms with E-state index in [0.717, 1.165) is 19.5 Å². The van der Waals surface area contributed by atoms with Gasteiger partial charge in [-0.2, -0.15) is 4.31 Å². The van der Waals surface area contributed by atoms with Crippen LogP contribution in [0.3, 0.4) is 0 Å². The van der Waals surface area contributed by atoms with Gasteiger partial charge >= 0.3 is 0 Å². The summed E-state index contributed by atoms with van der Waals surface area (Å²) in [6, 6.07) is 6.63. The van der Waals surface area contributed by atoms with Gasteiger partial charge in [-0.15, -0.1) is 0 Å². The summed E-state index contributed by atoms with van der Waals surface area (Å²) < 4.78 is 31.9. The first kappa shape index (κ1) is 16.0. The van der Waals surface area contributed by atoms with Crippen molar-refractivity contribution < 1.29 is 13.2 Å². The van der Waals surface area contributed by atoms with Crippen LogP contribution in [0.4, 0.5) is 0 Å². The summed E-state index contributed by atoms with van der Waals surface area (Å²) in [5.74, 6) is 0.686. The Kier molecular flexibility index (Phi) is 5.78. The Balaban J connectivity index is 1.99. The molecule has 0 fully saturated rings. The van der Waals surface area contributed by atoms with Crippen molar-refractivity contribution in [2.75, 3.05) is 32.8 Å². The fraction of sp³-hybridized carbons (Fsp3) is 0.467. The number of ether oxygens (including phenoxy) is 1. The minimum absolute atomic E-state index is 0.317. The van der Waals surface area contributed by atoms with Crippen LogP contribution >= 0.6 is 0 Å². The molecule has 21 heavy (non-hydrogen) atoms. The maximum absolute atomic E-state index is 12.4. The fourth-order valence-electron chi connectivity index (χ4n) is 2.11. The Hall–Kier alpha value is -1.37. The zero-order valence-corrected chi connectivity index (χ0v) is 13.1. The molecule has 0 saturated heterocycles. The molecule has 1 N–H and O–H groups in total. The van der Waals surface area contributed by atoms with E-state index in [1.807, 2.05) is 19.1 Å². The summed E-state index contributed by atoms with van der Waals surface area (Å²) in [6.07, 6.45) is 4.66. The number of sulfonamides is 1. The lowest BCUT2D eigenvalue weighted by Gasteiger charge is -2.22. The van der Waals surface area contributed by atoms with Crippen LogP contribution in [0.15, 0.2) is 41.3 Å². The molecule has 0 radical (unpaired) electrons. The molecule has 6 heteroatoms. The minimum atomic E-state index is -3.39. The van der Waals surface area contributed by atoms with E-state index >= 15 is 0 Å². The Labute approximate surface area is 126 Å². The number of rotatable bonds is 7. The second kappa shape index (κ2) is 7.59. The molecular weight excluding hydrogens is 288 g/mol. The third kappa shape index (κ3) is 4.30. The van der Waals surface area contributed by atoms with Gasteiger partial charge in [0.2, 0.25) is 10.0 Å². The van der Waals surface area contributed by atoms with Crippen molar-refractivity contribution in [3.8, 4) is 5.75 Å². The van der Waals surface area contributed by atoms with Crippen LogP contribution in [0.2, 0.25) is 0 Å². The van der Waals surface area contributed by atoms with Gasteiger partial charge in [0.1, 0.15) is 12.4 Å². The summed E-state index contributed by atoms with van der Waals surface area (Å²) in [6.45, 7) is 5.27. The van der Waals surface area contributed by atoms with Gasteiger partial charge in [0.25, 0.3) is 0 Å². The molecule has 0 bridgehead atoms. The predicted molar refractivity (Wildman–Crippen MR) is 83.0 cm³/mol. The molecule has 2 rings (SSSR count). The summed E-state index contributed by atoms with van der Waals surface area (Å²) in [7, 11) is -3.39. The predicted octanol–water partition coefficient (Wildman–Crippen LogP) is 1.63. The molecule has 0 saturated carbocycles. The van der Waals surface area contributed by atoms with Crippen molar-refractivity contribution >= 4 is 10.0 Å². The summed E-state index contributed by atoms with van der Waals surface area (Å²) in [5, 5.41) is 3.16. The third-order valence-corrected chi connectivity index (χ3v) is 5.16. The van der Waals surface area contributed by atoms with Gasteiger partial charge in [0.05, 0.1) is 4.90 Å². The average Bonchev–Trinajstić information content (AvgIpc) is 2.53. The first-order chi connectivity index (χ1) is 10.1. The maximum Gasteiger partial charge on any atom is 0.243 e. The second-order valence-electron chi connectivity index (χ2n) is 4.80. The van der Waals surface area contributed by atoms with E-state index in [4.69, 9.17) is 4.74 Å². The Morgan fingerprint density at radius 1 is 1.24 bits per heavy atom. The molecule has 0 aromatic heterocycles. The summed E-state index contributed by atoms with van der Waals surface area (Å²) in [4.78, 5) is 0.317. The van der Waals surface area contributed by atoms with E-state index in [-0.39, 0.29) is 0 Å². The highest BCUT2D eigenvalue weighted by molar-refractivity contribution is 7.89. The lowest BCUT2D eigenvalue weighted by atomic mass is 10.3. The van der Waals surface area contributed by atoms with Crippen LogP contribution in [-0.4, -0.2) is 45.5 Å². The van der Waals surface area contributed by atoms with Crippen LogP contribution in [0.1, 0.15) is 13.3 Å². The molecule has 0 spiro atoms. The molecule has 1 aliphatic rings. The fourth-order valence-corrected chi connectivity index (χ4v) is 3.52. The summed E-state index contributed by atoms with van der Waals surface area (Å²) >= 11 is 0. The SMILES string of the molecule is CCNCCOc1ccc(S(=O)(=O)N2CC=CCC2)cc1. The van der Waals surface area contributed by atoms with Gasteiger partial charge in [-0.25, -0.2) is 8.42 Å². The number of hydrogen-bond acceptors (Lipinski definition) is 4. The molecule has 5 nitrogen and oxygen atoms in total. The van der Waals surface area contributed by atoms with Crippen LogP contribution in [-0.2, 0) is 10.0 Å². The van der Waals surface area contributed by atoms with Crippen molar-refractivity contribution in [2.45, 2.75) is 18.2 Å². The van der Waals surface area contributed by atoms with Crippen LogP contribution in [0.5, 0.6) is 5.75 Å². The molecule has 1 heterocycles. The van der Waals surface area contributed by atoms with Crippen molar-refractivity contribution in [1.29, 1.82) is 0 Å². The average molecular weight is 310 g/mol. The van der Waals surface area contributed by atoms with E-state index in [1.54, 1.807) is 24.3 Å². The maximum atomic E-state index is 12.4. The zero-order chi connectivity index (χ0) is 15.1. The van der Waals surface area contributed by atoms with E-state index in [1.165, 1.54) is 4.31 Å². The number of nitrogens with one attached hydrogen (secondary N) is 1.